The van der Waals surface area contributed by atoms with Crippen LogP contribution in [0.25, 0.3) is 106 Å². The topological polar surface area (TPSA) is 56.7 Å². The lowest BCUT2D eigenvalue weighted by atomic mass is 9.70. The summed E-state index contributed by atoms with van der Waals surface area (Å²) in [5.74, 6) is 1.72. The van der Waals surface area contributed by atoms with Gasteiger partial charge in [-0.05, 0) is 80.4 Å². The van der Waals surface area contributed by atoms with Crippen LogP contribution in [0.5, 0.6) is 0 Å². The first-order valence-corrected chi connectivity index (χ1v) is 21.4. The first-order valence-electron chi connectivity index (χ1n) is 21.4. The van der Waals surface area contributed by atoms with E-state index in [0.717, 1.165) is 66.0 Å². The second-order valence-corrected chi connectivity index (χ2v) is 16.7. The van der Waals surface area contributed by atoms with Crippen LogP contribution >= 0.6 is 0 Å². The van der Waals surface area contributed by atoms with E-state index < -0.39 is 5.41 Å². The summed E-state index contributed by atoms with van der Waals surface area (Å²) in [6.07, 6.45) is 0. The average molecular weight is 803 g/mol. The van der Waals surface area contributed by atoms with Crippen LogP contribution in [0.4, 0.5) is 0 Å². The Balaban J connectivity index is 1.02. The van der Waals surface area contributed by atoms with Gasteiger partial charge < -0.3 is 4.42 Å². The molecule has 0 amide bonds. The number of benzene rings is 9. The minimum absolute atomic E-state index is 0.450. The Morgan fingerprint density at radius 1 is 0.349 bits per heavy atom. The fourth-order valence-electron chi connectivity index (χ4n) is 10.9. The van der Waals surface area contributed by atoms with Crippen molar-refractivity contribution in [1.29, 1.82) is 0 Å². The van der Waals surface area contributed by atoms with Crippen LogP contribution < -0.4 is 0 Å². The molecule has 0 atom stereocenters. The van der Waals surface area contributed by atoms with Crippen molar-refractivity contribution >= 4 is 43.7 Å². The molecule has 292 valence electrons. The quantitative estimate of drug-likeness (QED) is 0.178. The molecule has 2 aliphatic rings. The van der Waals surface area contributed by atoms with Gasteiger partial charge in [-0.2, -0.15) is 9.97 Å². The number of nitrogens with zero attached hydrogens (tertiary/aromatic N) is 4. The number of hydrogen-bond acceptors (Lipinski definition) is 4. The van der Waals surface area contributed by atoms with Crippen molar-refractivity contribution < 1.29 is 4.42 Å². The van der Waals surface area contributed by atoms with Gasteiger partial charge in [-0.15, -0.1) is 0 Å². The van der Waals surface area contributed by atoms with E-state index in [1.807, 2.05) is 24.3 Å². The molecule has 0 bridgehead atoms. The lowest BCUT2D eigenvalue weighted by Crippen LogP contribution is -2.25. The van der Waals surface area contributed by atoms with Crippen LogP contribution in [0.1, 0.15) is 22.3 Å². The normalized spacial score (nSPS) is 13.2. The standard InChI is InChI=1S/C58H34N4O/c1-3-16-35(17-4-1)38-24-15-25-44-43-31-30-37(32-53(43)63-54(38)44)56-59-55(36-18-5-2-6-19-36)60-57(61-56)62-51-29-14-10-23-42(51)46-33-50-45(34-52(46)62)41-22-9-13-28-49(41)58(50)47-26-11-7-20-39(47)40-21-8-12-27-48(40)58/h1-34H. The minimum Gasteiger partial charge on any atom is -0.455 e. The van der Waals surface area contributed by atoms with Gasteiger partial charge in [-0.25, -0.2) is 4.98 Å². The zero-order valence-corrected chi connectivity index (χ0v) is 33.8. The molecule has 0 unspecified atom stereocenters. The molecule has 9 aromatic carbocycles. The largest absolute Gasteiger partial charge is 0.455 e. The van der Waals surface area contributed by atoms with Gasteiger partial charge >= 0.3 is 0 Å². The molecular weight excluding hydrogens is 769 g/mol. The second-order valence-electron chi connectivity index (χ2n) is 16.7. The third-order valence-corrected chi connectivity index (χ3v) is 13.5. The maximum Gasteiger partial charge on any atom is 0.238 e. The summed E-state index contributed by atoms with van der Waals surface area (Å²) in [4.78, 5) is 15.8. The van der Waals surface area contributed by atoms with Gasteiger partial charge in [0.1, 0.15) is 11.2 Å². The van der Waals surface area contributed by atoms with E-state index in [1.54, 1.807) is 0 Å². The molecule has 14 rings (SSSR count). The number of furan rings is 1. The van der Waals surface area contributed by atoms with Gasteiger partial charge in [0.2, 0.25) is 5.95 Å². The van der Waals surface area contributed by atoms with Gasteiger partial charge in [0.15, 0.2) is 11.6 Å². The Kier molecular flexibility index (Phi) is 6.97. The molecule has 63 heavy (non-hydrogen) atoms. The summed E-state index contributed by atoms with van der Waals surface area (Å²) >= 11 is 0. The molecule has 0 N–H and O–H groups in total. The van der Waals surface area contributed by atoms with Crippen LogP contribution in [-0.2, 0) is 5.41 Å². The predicted molar refractivity (Wildman–Crippen MR) is 254 cm³/mol. The lowest BCUT2D eigenvalue weighted by molar-refractivity contribution is 0.670. The number of fused-ring (bicyclic) bond motifs is 16. The third-order valence-electron chi connectivity index (χ3n) is 13.5. The highest BCUT2D eigenvalue weighted by molar-refractivity contribution is 6.13. The van der Waals surface area contributed by atoms with E-state index in [0.29, 0.717) is 17.6 Å². The summed E-state index contributed by atoms with van der Waals surface area (Å²) in [5.41, 5.74) is 17.5. The molecule has 3 aromatic heterocycles. The number of rotatable bonds is 4. The van der Waals surface area contributed by atoms with Gasteiger partial charge in [0.25, 0.3) is 0 Å². The maximum absolute atomic E-state index is 6.71. The highest BCUT2D eigenvalue weighted by Crippen LogP contribution is 2.63. The van der Waals surface area contributed by atoms with Crippen LogP contribution in [-0.4, -0.2) is 19.5 Å². The van der Waals surface area contributed by atoms with Crippen LogP contribution in [0.15, 0.2) is 211 Å². The molecule has 2 aliphatic carbocycles. The molecule has 5 nitrogen and oxygen atoms in total. The van der Waals surface area contributed by atoms with Crippen molar-refractivity contribution in [2.24, 2.45) is 0 Å². The summed E-state index contributed by atoms with van der Waals surface area (Å²) in [6.45, 7) is 0. The Hall–Kier alpha value is -8.41. The number of hydrogen-bond donors (Lipinski definition) is 0. The summed E-state index contributed by atoms with van der Waals surface area (Å²) in [5, 5.41) is 4.41. The number of para-hydroxylation sites is 2. The summed E-state index contributed by atoms with van der Waals surface area (Å²) in [7, 11) is 0. The van der Waals surface area contributed by atoms with Crippen molar-refractivity contribution in [3.05, 3.63) is 229 Å². The number of aromatic nitrogens is 4. The van der Waals surface area contributed by atoms with Gasteiger partial charge in [0.05, 0.1) is 16.4 Å². The summed E-state index contributed by atoms with van der Waals surface area (Å²) in [6, 6.07) is 73.6. The highest BCUT2D eigenvalue weighted by Gasteiger charge is 2.51. The molecule has 0 saturated heterocycles. The maximum atomic E-state index is 6.71. The average Bonchev–Trinajstić information content (AvgIpc) is 4.07. The zero-order chi connectivity index (χ0) is 41.2. The van der Waals surface area contributed by atoms with Gasteiger partial charge in [-0.3, -0.25) is 4.57 Å². The predicted octanol–water partition coefficient (Wildman–Crippen LogP) is 14.2. The van der Waals surface area contributed by atoms with Gasteiger partial charge in [0, 0.05) is 38.2 Å². The monoisotopic (exact) mass is 802 g/mol. The minimum atomic E-state index is -0.450. The molecule has 3 heterocycles. The van der Waals surface area contributed by atoms with Crippen molar-refractivity contribution in [2.45, 2.75) is 5.41 Å². The first-order chi connectivity index (χ1) is 31.2. The molecule has 12 aromatic rings. The highest BCUT2D eigenvalue weighted by atomic mass is 16.3. The van der Waals surface area contributed by atoms with E-state index in [9.17, 15) is 0 Å². The summed E-state index contributed by atoms with van der Waals surface area (Å²) < 4.78 is 8.95. The Morgan fingerprint density at radius 2 is 0.921 bits per heavy atom. The smallest absolute Gasteiger partial charge is 0.238 e. The second kappa shape index (κ2) is 12.8. The molecule has 0 radical (unpaired) electrons. The van der Waals surface area contributed by atoms with E-state index >= 15 is 0 Å². The van der Waals surface area contributed by atoms with Crippen LogP contribution in [0.3, 0.4) is 0 Å². The molecule has 1 spiro atoms. The van der Waals surface area contributed by atoms with Crippen molar-refractivity contribution in [1.82, 2.24) is 19.5 Å². The fourth-order valence-corrected chi connectivity index (χ4v) is 10.9. The van der Waals surface area contributed by atoms with E-state index in [-0.39, 0.29) is 0 Å². The van der Waals surface area contributed by atoms with E-state index in [2.05, 4.69) is 187 Å². The van der Waals surface area contributed by atoms with Crippen molar-refractivity contribution in [3.8, 4) is 62.1 Å². The van der Waals surface area contributed by atoms with Crippen molar-refractivity contribution in [2.75, 3.05) is 0 Å². The van der Waals surface area contributed by atoms with Crippen molar-refractivity contribution in [3.63, 3.8) is 0 Å². The van der Waals surface area contributed by atoms with E-state index in [1.165, 1.54) is 44.5 Å². The third kappa shape index (κ3) is 4.68. The Bertz CT molecular complexity index is 3820. The van der Waals surface area contributed by atoms with E-state index in [4.69, 9.17) is 19.4 Å². The molecule has 0 saturated carbocycles. The SMILES string of the molecule is c1ccc(-c2nc(-c3ccc4c(c3)oc3c(-c5ccccc5)cccc34)nc(-n3c4ccccc4c4cc5c(cc43)-c3ccccc3C53c4ccccc4-c4ccccc43)n2)cc1. The van der Waals surface area contributed by atoms with Crippen LogP contribution in [0.2, 0.25) is 0 Å². The fraction of sp³-hybridized carbons (Fsp3) is 0.0172. The lowest BCUT2D eigenvalue weighted by Gasteiger charge is -2.30. The molecule has 0 aliphatic heterocycles. The van der Waals surface area contributed by atoms with Gasteiger partial charge in [-0.1, -0.05) is 176 Å². The Morgan fingerprint density at radius 3 is 1.63 bits per heavy atom. The zero-order valence-electron chi connectivity index (χ0n) is 33.8. The molecule has 0 fully saturated rings. The molecular formula is C58H34N4O. The Labute approximate surface area is 362 Å². The first kappa shape index (κ1) is 34.3. The van der Waals surface area contributed by atoms with Crippen LogP contribution in [0, 0.1) is 0 Å². The molecule has 5 heteroatoms.